The Morgan fingerprint density at radius 2 is 1.73 bits per heavy atom. The maximum atomic E-state index is 13.0. The van der Waals surface area contributed by atoms with E-state index in [0.717, 1.165) is 31.2 Å². The molecule has 0 N–H and O–H groups in total. The zero-order valence-corrected chi connectivity index (χ0v) is 15.4. The van der Waals surface area contributed by atoms with Crippen LogP contribution in [0.2, 0.25) is 0 Å². The summed E-state index contributed by atoms with van der Waals surface area (Å²) < 4.78 is 38.1. The number of sulfone groups is 1. The largest absolute Gasteiger partial charge is 0.287 e. The first-order chi connectivity index (χ1) is 12.3. The van der Waals surface area contributed by atoms with Crippen LogP contribution in [0.5, 0.6) is 0 Å². The van der Waals surface area contributed by atoms with E-state index < -0.39 is 9.84 Å². The van der Waals surface area contributed by atoms with E-state index in [2.05, 4.69) is 4.58 Å². The van der Waals surface area contributed by atoms with Crippen molar-refractivity contribution in [3.8, 4) is 0 Å². The smallest absolute Gasteiger partial charge is 0.227 e. The van der Waals surface area contributed by atoms with Crippen LogP contribution in [0.15, 0.2) is 53.4 Å². The molecule has 0 saturated heterocycles. The third kappa shape index (κ3) is 4.43. The van der Waals surface area contributed by atoms with Gasteiger partial charge in [-0.2, -0.15) is 0 Å². The molecule has 6 heteroatoms. The average Bonchev–Trinajstić information content (AvgIpc) is 3.03. The van der Waals surface area contributed by atoms with Gasteiger partial charge in [0.25, 0.3) is 0 Å². The van der Waals surface area contributed by atoms with Crippen molar-refractivity contribution in [3.05, 3.63) is 65.5 Å². The minimum Gasteiger partial charge on any atom is -0.287 e. The lowest BCUT2D eigenvalue weighted by molar-refractivity contribution is -0.507. The van der Waals surface area contributed by atoms with Gasteiger partial charge in [0.2, 0.25) is 12.3 Å². The maximum Gasteiger partial charge on any atom is 0.227 e. The summed E-state index contributed by atoms with van der Waals surface area (Å²) in [5.41, 5.74) is 2.71. The van der Waals surface area contributed by atoms with E-state index in [-0.39, 0.29) is 23.0 Å². The zero-order chi connectivity index (χ0) is 18.7. The molecule has 2 aromatic carbocycles. The van der Waals surface area contributed by atoms with Crippen LogP contribution in [0, 0.1) is 5.82 Å². The summed E-state index contributed by atoms with van der Waals surface area (Å²) in [5.74, 6) is -0.293. The lowest BCUT2D eigenvalue weighted by Gasteiger charge is -2.04. The van der Waals surface area contributed by atoms with Gasteiger partial charge in [-0.3, -0.25) is 4.79 Å². The van der Waals surface area contributed by atoms with Crippen LogP contribution < -0.4 is 0 Å². The van der Waals surface area contributed by atoms with Crippen molar-refractivity contribution in [3.63, 3.8) is 0 Å². The van der Waals surface area contributed by atoms with Gasteiger partial charge in [0.15, 0.2) is 15.5 Å². The molecule has 4 nitrogen and oxygen atoms in total. The molecule has 26 heavy (non-hydrogen) atoms. The summed E-state index contributed by atoms with van der Waals surface area (Å²) in [5, 5.41) is 0. The normalized spacial score (nSPS) is 14.7. The molecule has 3 rings (SSSR count). The van der Waals surface area contributed by atoms with Gasteiger partial charge in [0.1, 0.15) is 12.4 Å². The molecule has 0 fully saturated rings. The Kier molecular flexibility index (Phi) is 5.32. The van der Waals surface area contributed by atoms with Crippen molar-refractivity contribution in [1.29, 1.82) is 0 Å². The number of carbonyl (C=O) groups is 1. The molecule has 1 aliphatic rings. The van der Waals surface area contributed by atoms with E-state index in [1.165, 1.54) is 30.0 Å². The quantitative estimate of drug-likeness (QED) is 0.577. The third-order valence-corrected chi connectivity index (χ3v) is 5.73. The predicted molar refractivity (Wildman–Crippen MR) is 98.2 cm³/mol. The molecule has 0 saturated carbocycles. The molecule has 136 valence electrons. The highest BCUT2D eigenvalue weighted by molar-refractivity contribution is 7.90. The monoisotopic (exact) mass is 374 g/mol. The molecule has 1 aliphatic heterocycles. The fourth-order valence-corrected chi connectivity index (χ4v) is 3.80. The van der Waals surface area contributed by atoms with Crippen LogP contribution in [-0.4, -0.2) is 43.8 Å². The molecule has 0 spiro atoms. The van der Waals surface area contributed by atoms with Crippen molar-refractivity contribution >= 4 is 21.3 Å². The molecule has 2 aromatic rings. The molecular formula is C20H21FNO3S+. The summed E-state index contributed by atoms with van der Waals surface area (Å²) in [6.07, 6.45) is 3.78. The number of carbonyl (C=O) groups excluding carboxylic acids is 1. The Morgan fingerprint density at radius 1 is 1.08 bits per heavy atom. The number of nitrogens with zero attached hydrogens (tertiary/aromatic N) is 1. The second-order valence-electron chi connectivity index (χ2n) is 6.61. The molecule has 0 aromatic heterocycles. The van der Waals surface area contributed by atoms with Crippen LogP contribution in [-0.2, 0) is 16.3 Å². The lowest BCUT2D eigenvalue weighted by Crippen LogP contribution is -2.24. The first-order valence-electron chi connectivity index (χ1n) is 8.50. The van der Waals surface area contributed by atoms with Crippen LogP contribution in [0.4, 0.5) is 4.39 Å². The maximum absolute atomic E-state index is 13.0. The standard InChI is InChI=1S/C20H21FNO3S/c1-26(24,25)19-10-6-16(7-11-19)20(23)14-22-12-2-3-18(22)13-15-4-8-17(21)9-5-15/h4-11H,2-3,12-14H2,1H3/q+1. The number of rotatable bonds is 6. The fraction of sp³-hybridized carbons (Fsp3) is 0.300. The van der Waals surface area contributed by atoms with Gasteiger partial charge in [0.05, 0.1) is 11.3 Å². The first-order valence-corrected chi connectivity index (χ1v) is 10.4. The van der Waals surface area contributed by atoms with Crippen molar-refractivity contribution in [2.45, 2.75) is 24.2 Å². The molecule has 1 heterocycles. The molecule has 0 amide bonds. The van der Waals surface area contributed by atoms with Crippen LogP contribution in [0.25, 0.3) is 0 Å². The number of hydrogen-bond acceptors (Lipinski definition) is 3. The molecule has 0 atom stereocenters. The van der Waals surface area contributed by atoms with E-state index in [1.54, 1.807) is 24.3 Å². The molecular weight excluding hydrogens is 353 g/mol. The van der Waals surface area contributed by atoms with Gasteiger partial charge in [-0.1, -0.05) is 12.1 Å². The number of halogens is 1. The summed E-state index contributed by atoms with van der Waals surface area (Å²) in [6, 6.07) is 12.5. The summed E-state index contributed by atoms with van der Waals surface area (Å²) in [7, 11) is -3.27. The summed E-state index contributed by atoms with van der Waals surface area (Å²) in [4.78, 5) is 12.8. The Bertz CT molecular complexity index is 946. The van der Waals surface area contributed by atoms with E-state index >= 15 is 0 Å². The van der Waals surface area contributed by atoms with Crippen LogP contribution in [0.1, 0.15) is 28.8 Å². The van der Waals surface area contributed by atoms with Crippen molar-refractivity contribution in [2.24, 2.45) is 0 Å². The number of hydrogen-bond donors (Lipinski definition) is 0. The second-order valence-corrected chi connectivity index (χ2v) is 8.63. The topological polar surface area (TPSA) is 54.2 Å². The Hall–Kier alpha value is -2.34. The minimum atomic E-state index is -3.27. The van der Waals surface area contributed by atoms with Crippen LogP contribution in [0.3, 0.4) is 0 Å². The first kappa shape index (κ1) is 18.5. The van der Waals surface area contributed by atoms with E-state index in [4.69, 9.17) is 0 Å². The molecule has 0 bridgehead atoms. The van der Waals surface area contributed by atoms with E-state index in [9.17, 15) is 17.6 Å². The van der Waals surface area contributed by atoms with Gasteiger partial charge in [0, 0.05) is 24.7 Å². The van der Waals surface area contributed by atoms with E-state index in [1.807, 2.05) is 0 Å². The molecule has 0 unspecified atom stereocenters. The molecule has 0 radical (unpaired) electrons. The zero-order valence-electron chi connectivity index (χ0n) is 14.6. The fourth-order valence-electron chi connectivity index (χ4n) is 3.17. The van der Waals surface area contributed by atoms with Gasteiger partial charge >= 0.3 is 0 Å². The van der Waals surface area contributed by atoms with Gasteiger partial charge in [-0.25, -0.2) is 17.4 Å². The van der Waals surface area contributed by atoms with E-state index in [0.29, 0.717) is 12.0 Å². The number of Topliss-reactive ketones (excluding diaryl/α,β-unsaturated/α-hetero) is 1. The van der Waals surface area contributed by atoms with Crippen molar-refractivity contribution in [1.82, 2.24) is 0 Å². The Morgan fingerprint density at radius 3 is 2.35 bits per heavy atom. The second kappa shape index (κ2) is 7.50. The lowest BCUT2D eigenvalue weighted by atomic mass is 10.1. The van der Waals surface area contributed by atoms with Crippen molar-refractivity contribution < 1.29 is 22.2 Å². The van der Waals surface area contributed by atoms with Gasteiger partial charge in [-0.05, 0) is 42.0 Å². The summed E-state index contributed by atoms with van der Waals surface area (Å²) >= 11 is 0. The third-order valence-electron chi connectivity index (χ3n) is 4.60. The number of benzene rings is 2. The highest BCUT2D eigenvalue weighted by Crippen LogP contribution is 2.14. The average molecular weight is 374 g/mol. The Labute approximate surface area is 152 Å². The summed E-state index contributed by atoms with van der Waals surface area (Å²) in [6.45, 7) is 1.10. The highest BCUT2D eigenvalue weighted by Gasteiger charge is 2.25. The SMILES string of the molecule is CS(=O)(=O)c1ccc(C(=O)C[N+]2=C(Cc3ccc(F)cc3)CCC2)cc1. The number of ketones is 1. The van der Waals surface area contributed by atoms with Gasteiger partial charge in [-0.15, -0.1) is 0 Å². The van der Waals surface area contributed by atoms with Crippen molar-refractivity contribution in [2.75, 3.05) is 19.3 Å². The highest BCUT2D eigenvalue weighted by atomic mass is 32.2. The molecule has 0 aliphatic carbocycles. The Balaban J connectivity index is 1.73. The minimum absolute atomic E-state index is 0.0384. The van der Waals surface area contributed by atoms with Gasteiger partial charge < -0.3 is 0 Å². The van der Waals surface area contributed by atoms with Crippen LogP contribution >= 0.6 is 0 Å². The predicted octanol–water partition coefficient (Wildman–Crippen LogP) is 2.90.